The molecule has 1 nitrogen and oxygen atoms in total. The molecule has 1 unspecified atom stereocenters. The van der Waals surface area contributed by atoms with Gasteiger partial charge >= 0.3 is 0 Å². The third kappa shape index (κ3) is 2.99. The molecule has 0 radical (unpaired) electrons. The molecule has 0 aliphatic heterocycles. The molecule has 1 aromatic rings. The minimum absolute atomic E-state index is 0.497. The van der Waals surface area contributed by atoms with E-state index in [1.54, 1.807) is 11.3 Å². The summed E-state index contributed by atoms with van der Waals surface area (Å²) in [5.41, 5.74) is 1.48. The van der Waals surface area contributed by atoms with Crippen LogP contribution in [0.2, 0.25) is 4.34 Å². The maximum atomic E-state index is 6.18. The number of thioether (sulfide) groups is 1. The molecule has 1 saturated carbocycles. The van der Waals surface area contributed by atoms with E-state index in [1.807, 2.05) is 0 Å². The van der Waals surface area contributed by atoms with E-state index in [0.29, 0.717) is 10.8 Å². The van der Waals surface area contributed by atoms with Gasteiger partial charge in [0, 0.05) is 22.2 Å². The molecule has 3 rings (SSSR count). The highest BCUT2D eigenvalue weighted by atomic mass is 35.5. The van der Waals surface area contributed by atoms with Crippen LogP contribution in [-0.4, -0.2) is 17.5 Å². The van der Waals surface area contributed by atoms with Crippen molar-refractivity contribution in [1.82, 2.24) is 5.32 Å². The molecule has 2 aliphatic rings. The van der Waals surface area contributed by atoms with E-state index in [2.05, 4.69) is 29.4 Å². The van der Waals surface area contributed by atoms with Crippen molar-refractivity contribution in [3.05, 3.63) is 20.8 Å². The van der Waals surface area contributed by atoms with Crippen molar-refractivity contribution >= 4 is 34.7 Å². The van der Waals surface area contributed by atoms with Gasteiger partial charge in [-0.2, -0.15) is 11.8 Å². The Morgan fingerprint density at radius 2 is 2.21 bits per heavy atom. The van der Waals surface area contributed by atoms with Crippen LogP contribution in [0.4, 0.5) is 0 Å². The standard InChI is InChI=1S/C15H22ClNS2/c1-18-15(7-2-3-8-15)10-17-12-5-4-6-13-11(12)9-14(16)19-13/h9,12,17H,2-8,10H2,1H3. The fourth-order valence-corrected chi connectivity index (χ4v) is 5.82. The Kier molecular flexibility index (Phi) is 4.47. The van der Waals surface area contributed by atoms with Gasteiger partial charge in [0.2, 0.25) is 0 Å². The zero-order chi connectivity index (χ0) is 13.3. The van der Waals surface area contributed by atoms with Gasteiger partial charge in [-0.3, -0.25) is 0 Å². The summed E-state index contributed by atoms with van der Waals surface area (Å²) in [4.78, 5) is 1.51. The summed E-state index contributed by atoms with van der Waals surface area (Å²) in [5, 5.41) is 3.85. The molecule has 1 fully saturated rings. The summed E-state index contributed by atoms with van der Waals surface area (Å²) >= 11 is 10.0. The van der Waals surface area contributed by atoms with E-state index in [9.17, 15) is 0 Å². The molecule has 1 aromatic heterocycles. The average molecular weight is 316 g/mol. The van der Waals surface area contributed by atoms with Crippen LogP contribution in [0.25, 0.3) is 0 Å². The largest absolute Gasteiger partial charge is 0.309 e. The molecule has 0 amide bonds. The second-order valence-electron chi connectivity index (χ2n) is 5.85. The van der Waals surface area contributed by atoms with E-state index < -0.39 is 0 Å². The molecule has 2 aliphatic carbocycles. The Bertz CT molecular complexity index is 437. The molecule has 0 saturated heterocycles. The Morgan fingerprint density at radius 1 is 1.42 bits per heavy atom. The van der Waals surface area contributed by atoms with E-state index >= 15 is 0 Å². The molecule has 0 aromatic carbocycles. The fraction of sp³-hybridized carbons (Fsp3) is 0.733. The highest BCUT2D eigenvalue weighted by molar-refractivity contribution is 8.00. The second-order valence-corrected chi connectivity index (χ2v) is 8.89. The normalized spacial score (nSPS) is 25.5. The van der Waals surface area contributed by atoms with Crippen LogP contribution in [0.5, 0.6) is 0 Å². The molecule has 1 heterocycles. The molecule has 0 spiro atoms. The van der Waals surface area contributed by atoms with Crippen molar-refractivity contribution in [2.45, 2.75) is 55.7 Å². The number of thiophene rings is 1. The predicted octanol–water partition coefficient (Wildman–Crippen LogP) is 5.04. The lowest BCUT2D eigenvalue weighted by molar-refractivity contribution is 0.426. The van der Waals surface area contributed by atoms with Gasteiger partial charge in [-0.25, -0.2) is 0 Å². The lowest BCUT2D eigenvalue weighted by Crippen LogP contribution is -2.37. The first-order valence-corrected chi connectivity index (χ1v) is 9.71. The van der Waals surface area contributed by atoms with Crippen molar-refractivity contribution in [2.24, 2.45) is 0 Å². The number of hydrogen-bond acceptors (Lipinski definition) is 3. The van der Waals surface area contributed by atoms with Gasteiger partial charge in [-0.15, -0.1) is 11.3 Å². The topological polar surface area (TPSA) is 12.0 Å². The number of nitrogens with one attached hydrogen (secondary N) is 1. The maximum absolute atomic E-state index is 6.18. The van der Waals surface area contributed by atoms with Gasteiger partial charge < -0.3 is 5.32 Å². The molecule has 1 atom stereocenters. The third-order valence-corrected chi connectivity index (χ3v) is 7.46. The smallest absolute Gasteiger partial charge is 0.0934 e. The van der Waals surface area contributed by atoms with Crippen molar-refractivity contribution in [1.29, 1.82) is 0 Å². The van der Waals surface area contributed by atoms with Crippen LogP contribution < -0.4 is 5.32 Å². The number of halogens is 1. The van der Waals surface area contributed by atoms with Gasteiger partial charge in [0.25, 0.3) is 0 Å². The van der Waals surface area contributed by atoms with Crippen LogP contribution in [0, 0.1) is 0 Å². The molecule has 106 valence electrons. The van der Waals surface area contributed by atoms with Gasteiger partial charge in [-0.1, -0.05) is 24.4 Å². The van der Waals surface area contributed by atoms with Crippen LogP contribution in [0.1, 0.15) is 55.0 Å². The van der Waals surface area contributed by atoms with Crippen LogP contribution >= 0.6 is 34.7 Å². The molecule has 0 bridgehead atoms. The Morgan fingerprint density at radius 3 is 2.95 bits per heavy atom. The van der Waals surface area contributed by atoms with Gasteiger partial charge in [0.15, 0.2) is 0 Å². The summed E-state index contributed by atoms with van der Waals surface area (Å²) in [5.74, 6) is 0. The summed E-state index contributed by atoms with van der Waals surface area (Å²) < 4.78 is 1.45. The van der Waals surface area contributed by atoms with Crippen molar-refractivity contribution in [2.75, 3.05) is 12.8 Å². The summed E-state index contributed by atoms with van der Waals surface area (Å²) in [6, 6.07) is 2.73. The summed E-state index contributed by atoms with van der Waals surface area (Å²) in [6.07, 6.45) is 11.6. The van der Waals surface area contributed by atoms with Gasteiger partial charge in [-0.05, 0) is 50.0 Å². The van der Waals surface area contributed by atoms with Gasteiger partial charge in [0.05, 0.1) is 4.34 Å². The minimum Gasteiger partial charge on any atom is -0.309 e. The first-order chi connectivity index (χ1) is 9.22. The second kappa shape index (κ2) is 5.97. The maximum Gasteiger partial charge on any atom is 0.0934 e. The van der Waals surface area contributed by atoms with E-state index in [1.165, 1.54) is 55.4 Å². The number of fused-ring (bicyclic) bond motifs is 1. The molecule has 1 N–H and O–H groups in total. The fourth-order valence-electron chi connectivity index (χ4n) is 3.52. The first-order valence-electron chi connectivity index (χ1n) is 7.29. The Hall–Kier alpha value is 0.300. The molecule has 19 heavy (non-hydrogen) atoms. The lowest BCUT2D eigenvalue weighted by Gasteiger charge is -2.31. The number of hydrogen-bond donors (Lipinski definition) is 1. The Balaban J connectivity index is 1.67. The average Bonchev–Trinajstić information content (AvgIpc) is 3.02. The van der Waals surface area contributed by atoms with Crippen LogP contribution in [0.15, 0.2) is 6.07 Å². The minimum atomic E-state index is 0.497. The zero-order valence-electron chi connectivity index (χ0n) is 11.5. The third-order valence-electron chi connectivity index (χ3n) is 4.70. The molecule has 4 heteroatoms. The highest BCUT2D eigenvalue weighted by Crippen LogP contribution is 2.42. The van der Waals surface area contributed by atoms with Crippen LogP contribution in [-0.2, 0) is 6.42 Å². The first kappa shape index (κ1) is 14.2. The lowest BCUT2D eigenvalue weighted by atomic mass is 9.93. The van der Waals surface area contributed by atoms with E-state index in [-0.39, 0.29) is 0 Å². The zero-order valence-corrected chi connectivity index (χ0v) is 13.9. The number of aryl methyl sites for hydroxylation is 1. The summed E-state index contributed by atoms with van der Waals surface area (Å²) in [6.45, 7) is 1.16. The quantitative estimate of drug-likeness (QED) is 0.835. The Labute approximate surface area is 129 Å². The molecular weight excluding hydrogens is 294 g/mol. The number of rotatable bonds is 4. The highest BCUT2D eigenvalue weighted by Gasteiger charge is 2.34. The van der Waals surface area contributed by atoms with Crippen molar-refractivity contribution in [3.8, 4) is 0 Å². The van der Waals surface area contributed by atoms with E-state index in [4.69, 9.17) is 11.6 Å². The monoisotopic (exact) mass is 315 g/mol. The molecular formula is C15H22ClNS2. The van der Waals surface area contributed by atoms with Gasteiger partial charge in [0.1, 0.15) is 0 Å². The van der Waals surface area contributed by atoms with Crippen molar-refractivity contribution < 1.29 is 0 Å². The van der Waals surface area contributed by atoms with Crippen molar-refractivity contribution in [3.63, 3.8) is 0 Å². The predicted molar refractivity (Wildman–Crippen MR) is 87.7 cm³/mol. The summed E-state index contributed by atoms with van der Waals surface area (Å²) in [7, 11) is 0. The SMILES string of the molecule is CSC1(CNC2CCCc3sc(Cl)cc32)CCCC1. The van der Waals surface area contributed by atoms with E-state index in [0.717, 1.165) is 10.9 Å². The van der Waals surface area contributed by atoms with Crippen LogP contribution in [0.3, 0.4) is 0 Å².